The second kappa shape index (κ2) is 16.0. The zero-order valence-electron chi connectivity index (χ0n) is 27.6. The van der Waals surface area contributed by atoms with E-state index in [1.807, 2.05) is 35.4 Å². The Morgan fingerprint density at radius 2 is 1.10 bits per heavy atom. The second-order valence-corrected chi connectivity index (χ2v) is 12.8. The molecule has 5 nitrogen and oxygen atoms in total. The number of ether oxygens (including phenoxy) is 1. The molecule has 3 aromatic carbocycles. The fourth-order valence-electron chi connectivity index (χ4n) is 5.96. The number of nitrogens with zero attached hydrogens (tertiary/aromatic N) is 4. The Balaban J connectivity index is 1.23. The smallest absolute Gasteiger partial charge is 0.169 e. The summed E-state index contributed by atoms with van der Waals surface area (Å²) < 4.78 is 12.7. The van der Waals surface area contributed by atoms with Crippen molar-refractivity contribution < 1.29 is 13.9 Å². The first kappa shape index (κ1) is 33.3. The SMILES string of the molecule is C[n+]1ccc(/C=C/c2ccc3c(c2)c2cc(/C=C/c4cc[n+](C)cc4)ccc2n3CCCOc2ccc(N(CCCl)CCCl)cc2)cc1. The third kappa shape index (κ3) is 8.28. The summed E-state index contributed by atoms with van der Waals surface area (Å²) in [4.78, 5) is 2.19. The van der Waals surface area contributed by atoms with Crippen molar-refractivity contribution in [1.82, 2.24) is 4.57 Å². The van der Waals surface area contributed by atoms with Gasteiger partial charge < -0.3 is 14.2 Å². The summed E-state index contributed by atoms with van der Waals surface area (Å²) in [6.07, 6.45) is 17.9. The van der Waals surface area contributed by atoms with Crippen LogP contribution in [0.4, 0.5) is 5.69 Å². The molecule has 0 aliphatic rings. The van der Waals surface area contributed by atoms with Gasteiger partial charge in [-0.25, -0.2) is 9.13 Å². The molecule has 0 unspecified atom stereocenters. The highest BCUT2D eigenvalue weighted by molar-refractivity contribution is 6.18. The average molecular weight is 678 g/mol. The fraction of sp³-hybridized carbons (Fsp3) is 0.220. The third-order valence-electron chi connectivity index (χ3n) is 8.56. The van der Waals surface area contributed by atoms with Gasteiger partial charge in [0.25, 0.3) is 0 Å². The normalized spacial score (nSPS) is 11.8. The first-order valence-corrected chi connectivity index (χ1v) is 17.5. The molecule has 3 heterocycles. The molecular weight excluding hydrogens is 635 g/mol. The predicted octanol–water partition coefficient (Wildman–Crippen LogP) is 8.54. The maximum absolute atomic E-state index is 6.18. The number of hydrogen-bond donors (Lipinski definition) is 0. The van der Waals surface area contributed by atoms with Crippen LogP contribution >= 0.6 is 23.2 Å². The number of pyridine rings is 2. The Kier molecular flexibility index (Phi) is 11.1. The van der Waals surface area contributed by atoms with Crippen LogP contribution in [0.3, 0.4) is 0 Å². The Morgan fingerprint density at radius 1 is 0.625 bits per heavy atom. The van der Waals surface area contributed by atoms with Gasteiger partial charge in [-0.05, 0) is 77.2 Å². The standard InChI is InChI=1S/C41H42Cl2N4O/c1-44-23-16-32(17-24-44)4-6-34-8-14-40-38(30-34)39-31-35(7-5-33-18-25-45(2)26-19-33)9-15-41(39)47(40)22-3-29-48-37-12-10-36(11-13-37)46(27-20-42)28-21-43/h4-19,23-26,30-31H,3,20-22,27-29H2,1-2H3/q+2. The van der Waals surface area contributed by atoms with Gasteiger partial charge in [0.1, 0.15) is 19.8 Å². The lowest BCUT2D eigenvalue weighted by Crippen LogP contribution is -2.27. The molecule has 0 bridgehead atoms. The first-order chi connectivity index (χ1) is 23.5. The van der Waals surface area contributed by atoms with Crippen LogP contribution in [-0.2, 0) is 20.6 Å². The van der Waals surface area contributed by atoms with E-state index in [4.69, 9.17) is 27.9 Å². The summed E-state index contributed by atoms with van der Waals surface area (Å²) in [5.41, 5.74) is 8.27. The van der Waals surface area contributed by atoms with Gasteiger partial charge in [0, 0.05) is 83.2 Å². The fourth-order valence-corrected chi connectivity index (χ4v) is 6.37. The quantitative estimate of drug-likeness (QED) is 0.0656. The number of fused-ring (bicyclic) bond motifs is 3. The largest absolute Gasteiger partial charge is 0.494 e. The summed E-state index contributed by atoms with van der Waals surface area (Å²) >= 11 is 12.0. The highest BCUT2D eigenvalue weighted by Crippen LogP contribution is 2.32. The minimum Gasteiger partial charge on any atom is -0.494 e. The summed E-state index contributed by atoms with van der Waals surface area (Å²) in [7, 11) is 4.07. The molecule has 7 heteroatoms. The molecule has 0 spiro atoms. The van der Waals surface area contributed by atoms with Crippen LogP contribution in [0.15, 0.2) is 110 Å². The molecule has 6 aromatic rings. The monoisotopic (exact) mass is 676 g/mol. The van der Waals surface area contributed by atoms with Gasteiger partial charge in [-0.2, -0.15) is 0 Å². The number of aromatic nitrogens is 3. The van der Waals surface area contributed by atoms with Crippen LogP contribution in [0.25, 0.3) is 46.1 Å². The molecule has 0 fully saturated rings. The van der Waals surface area contributed by atoms with Gasteiger partial charge in [0.2, 0.25) is 0 Å². The molecule has 244 valence electrons. The van der Waals surface area contributed by atoms with Crippen LogP contribution in [-0.4, -0.2) is 36.0 Å². The van der Waals surface area contributed by atoms with Gasteiger partial charge in [-0.1, -0.05) is 36.4 Å². The second-order valence-electron chi connectivity index (χ2n) is 12.0. The van der Waals surface area contributed by atoms with E-state index in [0.717, 1.165) is 37.5 Å². The molecule has 0 radical (unpaired) electrons. The summed E-state index contributed by atoms with van der Waals surface area (Å²) in [5.74, 6) is 1.99. The molecule has 3 aromatic heterocycles. The van der Waals surface area contributed by atoms with Crippen molar-refractivity contribution in [2.75, 3.05) is 36.4 Å². The Labute approximate surface area is 293 Å². The molecule has 0 aliphatic heterocycles. The zero-order valence-corrected chi connectivity index (χ0v) is 29.1. The number of halogens is 2. The molecule has 48 heavy (non-hydrogen) atoms. The lowest BCUT2D eigenvalue weighted by molar-refractivity contribution is -0.671. The number of aryl methyl sites for hydroxylation is 3. The maximum atomic E-state index is 6.18. The molecule has 0 atom stereocenters. The van der Waals surface area contributed by atoms with E-state index < -0.39 is 0 Å². The lowest BCUT2D eigenvalue weighted by Gasteiger charge is -2.23. The summed E-state index contributed by atoms with van der Waals surface area (Å²) in [6, 6.07) is 30.3. The minimum atomic E-state index is 0.563. The van der Waals surface area contributed by atoms with Crippen molar-refractivity contribution in [3.05, 3.63) is 132 Å². The molecule has 0 saturated heterocycles. The highest BCUT2D eigenvalue weighted by Gasteiger charge is 2.12. The number of alkyl halides is 2. The van der Waals surface area contributed by atoms with Crippen molar-refractivity contribution in [3.63, 3.8) is 0 Å². The Bertz CT molecular complexity index is 1900. The predicted molar refractivity (Wildman–Crippen MR) is 203 cm³/mol. The molecule has 0 N–H and O–H groups in total. The van der Waals surface area contributed by atoms with Crippen LogP contribution in [0.1, 0.15) is 28.7 Å². The van der Waals surface area contributed by atoms with Gasteiger partial charge in [-0.15, -0.1) is 23.2 Å². The number of benzene rings is 3. The number of anilines is 1. The molecular formula is C41H42Cl2N4O+2. The molecule has 0 saturated carbocycles. The van der Waals surface area contributed by atoms with E-state index in [-0.39, 0.29) is 0 Å². The van der Waals surface area contributed by atoms with E-state index >= 15 is 0 Å². The average Bonchev–Trinajstić information content (AvgIpc) is 3.41. The van der Waals surface area contributed by atoms with Crippen molar-refractivity contribution in [3.8, 4) is 5.75 Å². The number of hydrogen-bond acceptors (Lipinski definition) is 2. The molecule has 0 amide bonds. The van der Waals surface area contributed by atoms with E-state index in [1.165, 1.54) is 44.1 Å². The number of rotatable bonds is 14. The topological polar surface area (TPSA) is 25.2 Å². The van der Waals surface area contributed by atoms with E-state index in [9.17, 15) is 0 Å². The van der Waals surface area contributed by atoms with E-state index in [1.54, 1.807) is 0 Å². The van der Waals surface area contributed by atoms with E-state index in [2.05, 4.69) is 131 Å². The van der Waals surface area contributed by atoms with Crippen molar-refractivity contribution in [2.45, 2.75) is 13.0 Å². The van der Waals surface area contributed by atoms with Gasteiger partial charge >= 0.3 is 0 Å². The van der Waals surface area contributed by atoms with Crippen molar-refractivity contribution >= 4 is 75.0 Å². The van der Waals surface area contributed by atoms with Crippen molar-refractivity contribution in [1.29, 1.82) is 0 Å². The first-order valence-electron chi connectivity index (χ1n) is 16.4. The Morgan fingerprint density at radius 3 is 1.58 bits per heavy atom. The third-order valence-corrected chi connectivity index (χ3v) is 8.90. The van der Waals surface area contributed by atoms with Gasteiger partial charge in [0.05, 0.1) is 6.61 Å². The maximum Gasteiger partial charge on any atom is 0.169 e. The van der Waals surface area contributed by atoms with Gasteiger partial charge in [-0.3, -0.25) is 0 Å². The van der Waals surface area contributed by atoms with E-state index in [0.29, 0.717) is 18.4 Å². The van der Waals surface area contributed by atoms with Crippen LogP contribution in [0.5, 0.6) is 5.75 Å². The zero-order chi connectivity index (χ0) is 33.3. The van der Waals surface area contributed by atoms with Crippen molar-refractivity contribution in [2.24, 2.45) is 14.1 Å². The van der Waals surface area contributed by atoms with Crippen LogP contribution in [0.2, 0.25) is 0 Å². The molecule has 0 aliphatic carbocycles. The molecule has 6 rings (SSSR count). The summed E-state index contributed by atoms with van der Waals surface area (Å²) in [5, 5.41) is 2.51. The lowest BCUT2D eigenvalue weighted by atomic mass is 10.1. The summed E-state index contributed by atoms with van der Waals surface area (Å²) in [6.45, 7) is 3.00. The Hall–Kier alpha value is -4.58. The van der Waals surface area contributed by atoms with Crippen LogP contribution in [0, 0.1) is 0 Å². The van der Waals surface area contributed by atoms with Crippen LogP contribution < -0.4 is 18.8 Å². The van der Waals surface area contributed by atoms with Gasteiger partial charge in [0.15, 0.2) is 24.8 Å². The minimum absolute atomic E-state index is 0.563. The highest BCUT2D eigenvalue weighted by atomic mass is 35.5.